The van der Waals surface area contributed by atoms with Crippen molar-refractivity contribution in [1.29, 1.82) is 0 Å². The fourth-order valence-corrected chi connectivity index (χ4v) is 1.85. The molecule has 1 rings (SSSR count). The first-order chi connectivity index (χ1) is 7.67. The molecule has 0 aliphatic heterocycles. The van der Waals surface area contributed by atoms with Gasteiger partial charge in [-0.2, -0.15) is 0 Å². The van der Waals surface area contributed by atoms with E-state index < -0.39 is 0 Å². The number of aliphatic hydroxyl groups is 1. The molecule has 16 heavy (non-hydrogen) atoms. The lowest BCUT2D eigenvalue weighted by Gasteiger charge is -2.15. The van der Waals surface area contributed by atoms with E-state index in [1.165, 1.54) is 5.56 Å². The Morgan fingerprint density at radius 3 is 2.25 bits per heavy atom. The van der Waals surface area contributed by atoms with Gasteiger partial charge < -0.3 is 9.84 Å². The zero-order valence-corrected chi connectivity index (χ0v) is 10.4. The summed E-state index contributed by atoms with van der Waals surface area (Å²) in [4.78, 5) is 0. The summed E-state index contributed by atoms with van der Waals surface area (Å²) in [5, 5.41) is 8.98. The van der Waals surface area contributed by atoms with E-state index in [-0.39, 0.29) is 12.7 Å². The standard InChI is InChI=1S/C14H22O2/c1-4-12(9-10-15)13-5-7-14(8-6-13)16-11(2)3/h5-8,11-12,15H,4,9-10H2,1-3H3. The summed E-state index contributed by atoms with van der Waals surface area (Å²) in [6.45, 7) is 6.45. The van der Waals surface area contributed by atoms with Crippen LogP contribution in [0.15, 0.2) is 24.3 Å². The van der Waals surface area contributed by atoms with E-state index in [2.05, 4.69) is 19.1 Å². The molecule has 90 valence electrons. The average molecular weight is 222 g/mol. The van der Waals surface area contributed by atoms with Gasteiger partial charge in [-0.05, 0) is 50.3 Å². The fourth-order valence-electron chi connectivity index (χ4n) is 1.85. The number of ether oxygens (including phenoxy) is 1. The molecule has 1 unspecified atom stereocenters. The Labute approximate surface area is 98.3 Å². The Morgan fingerprint density at radius 2 is 1.81 bits per heavy atom. The highest BCUT2D eigenvalue weighted by molar-refractivity contribution is 5.29. The van der Waals surface area contributed by atoms with Crippen LogP contribution >= 0.6 is 0 Å². The highest BCUT2D eigenvalue weighted by Gasteiger charge is 2.08. The first-order valence-corrected chi connectivity index (χ1v) is 6.04. The van der Waals surface area contributed by atoms with E-state index in [9.17, 15) is 0 Å². The Hall–Kier alpha value is -1.02. The largest absolute Gasteiger partial charge is 0.491 e. The SMILES string of the molecule is CCC(CCO)c1ccc(OC(C)C)cc1. The molecule has 2 nitrogen and oxygen atoms in total. The minimum Gasteiger partial charge on any atom is -0.491 e. The molecule has 1 N–H and O–H groups in total. The van der Waals surface area contributed by atoms with Gasteiger partial charge in [-0.3, -0.25) is 0 Å². The van der Waals surface area contributed by atoms with Gasteiger partial charge in [-0.25, -0.2) is 0 Å². The van der Waals surface area contributed by atoms with Crippen LogP contribution in [0.1, 0.15) is 45.1 Å². The van der Waals surface area contributed by atoms with E-state index in [1.54, 1.807) is 0 Å². The van der Waals surface area contributed by atoms with Crippen LogP contribution in [0, 0.1) is 0 Å². The van der Waals surface area contributed by atoms with Gasteiger partial charge in [0.15, 0.2) is 0 Å². The zero-order chi connectivity index (χ0) is 12.0. The van der Waals surface area contributed by atoms with E-state index in [0.717, 1.165) is 18.6 Å². The Morgan fingerprint density at radius 1 is 1.19 bits per heavy atom. The van der Waals surface area contributed by atoms with Gasteiger partial charge in [0.2, 0.25) is 0 Å². The van der Waals surface area contributed by atoms with Crippen molar-refractivity contribution in [2.45, 2.75) is 45.6 Å². The predicted molar refractivity (Wildman–Crippen MR) is 66.9 cm³/mol. The minimum absolute atomic E-state index is 0.213. The molecule has 1 aromatic carbocycles. The van der Waals surface area contributed by atoms with Crippen molar-refractivity contribution in [3.8, 4) is 5.75 Å². The molecule has 0 spiro atoms. The summed E-state index contributed by atoms with van der Waals surface area (Å²) in [7, 11) is 0. The van der Waals surface area contributed by atoms with Crippen LogP contribution in [0.5, 0.6) is 5.75 Å². The number of hydrogen-bond acceptors (Lipinski definition) is 2. The van der Waals surface area contributed by atoms with Crippen molar-refractivity contribution in [2.75, 3.05) is 6.61 Å². The van der Waals surface area contributed by atoms with E-state index in [4.69, 9.17) is 9.84 Å². The third-order valence-corrected chi connectivity index (χ3v) is 2.69. The van der Waals surface area contributed by atoms with Gasteiger partial charge in [0, 0.05) is 6.61 Å². The third kappa shape index (κ3) is 3.86. The molecule has 1 aromatic rings. The maximum absolute atomic E-state index is 8.98. The number of rotatable bonds is 6. The molecule has 2 heteroatoms. The Balaban J connectivity index is 2.69. The van der Waals surface area contributed by atoms with Crippen LogP contribution in [0.2, 0.25) is 0 Å². The molecule has 0 amide bonds. The molecule has 0 aliphatic rings. The Bertz CT molecular complexity index is 290. The molecule has 0 heterocycles. The van der Waals surface area contributed by atoms with Crippen molar-refractivity contribution < 1.29 is 9.84 Å². The second-order valence-electron chi connectivity index (χ2n) is 4.35. The van der Waals surface area contributed by atoms with Crippen molar-refractivity contribution in [3.63, 3.8) is 0 Å². The van der Waals surface area contributed by atoms with Crippen LogP contribution < -0.4 is 4.74 Å². The van der Waals surface area contributed by atoms with Gasteiger partial charge in [0.1, 0.15) is 5.75 Å². The van der Waals surface area contributed by atoms with Crippen LogP contribution in [0.25, 0.3) is 0 Å². The normalized spacial score (nSPS) is 12.8. The smallest absolute Gasteiger partial charge is 0.119 e. The summed E-state index contributed by atoms with van der Waals surface area (Å²) in [6.07, 6.45) is 2.11. The van der Waals surface area contributed by atoms with Gasteiger partial charge in [-0.1, -0.05) is 19.1 Å². The van der Waals surface area contributed by atoms with Crippen LogP contribution in [-0.2, 0) is 0 Å². The highest BCUT2D eigenvalue weighted by Crippen LogP contribution is 2.25. The summed E-state index contributed by atoms with van der Waals surface area (Å²) >= 11 is 0. The predicted octanol–water partition coefficient (Wildman–Crippen LogP) is 3.35. The first kappa shape index (κ1) is 13.0. The van der Waals surface area contributed by atoms with Crippen molar-refractivity contribution in [1.82, 2.24) is 0 Å². The number of aliphatic hydroxyl groups excluding tert-OH is 1. The molecule has 0 saturated carbocycles. The molecular formula is C14H22O2. The quantitative estimate of drug-likeness (QED) is 0.799. The summed E-state index contributed by atoms with van der Waals surface area (Å²) in [5.74, 6) is 1.37. The molecule has 0 aromatic heterocycles. The summed E-state index contributed by atoms with van der Waals surface area (Å²) < 4.78 is 5.59. The monoisotopic (exact) mass is 222 g/mol. The van der Waals surface area contributed by atoms with Crippen LogP contribution in [0.3, 0.4) is 0 Å². The molecule has 0 saturated heterocycles. The molecule has 0 radical (unpaired) electrons. The highest BCUT2D eigenvalue weighted by atomic mass is 16.5. The van der Waals surface area contributed by atoms with Crippen LogP contribution in [-0.4, -0.2) is 17.8 Å². The fraction of sp³-hybridized carbons (Fsp3) is 0.571. The Kier molecular flexibility index (Phi) is 5.33. The van der Waals surface area contributed by atoms with Gasteiger partial charge in [0.05, 0.1) is 6.10 Å². The second-order valence-corrected chi connectivity index (χ2v) is 4.35. The molecule has 0 bridgehead atoms. The maximum atomic E-state index is 8.98. The van der Waals surface area contributed by atoms with E-state index >= 15 is 0 Å². The van der Waals surface area contributed by atoms with E-state index in [1.807, 2.05) is 26.0 Å². The minimum atomic E-state index is 0.213. The van der Waals surface area contributed by atoms with Gasteiger partial charge >= 0.3 is 0 Å². The van der Waals surface area contributed by atoms with Gasteiger partial charge in [-0.15, -0.1) is 0 Å². The third-order valence-electron chi connectivity index (χ3n) is 2.69. The van der Waals surface area contributed by atoms with Crippen molar-refractivity contribution in [2.24, 2.45) is 0 Å². The summed E-state index contributed by atoms with van der Waals surface area (Å²) in [5.41, 5.74) is 1.28. The van der Waals surface area contributed by atoms with Gasteiger partial charge in [0.25, 0.3) is 0 Å². The van der Waals surface area contributed by atoms with Crippen molar-refractivity contribution >= 4 is 0 Å². The lowest BCUT2D eigenvalue weighted by Crippen LogP contribution is -2.06. The summed E-state index contributed by atoms with van der Waals surface area (Å²) in [6, 6.07) is 8.22. The molecule has 0 fully saturated rings. The zero-order valence-electron chi connectivity index (χ0n) is 10.4. The second kappa shape index (κ2) is 6.54. The molecule has 1 atom stereocenters. The first-order valence-electron chi connectivity index (χ1n) is 6.04. The lowest BCUT2D eigenvalue weighted by molar-refractivity contribution is 0.242. The van der Waals surface area contributed by atoms with Crippen molar-refractivity contribution in [3.05, 3.63) is 29.8 Å². The molecule has 0 aliphatic carbocycles. The number of benzene rings is 1. The average Bonchev–Trinajstić information content (AvgIpc) is 2.26. The molecular weight excluding hydrogens is 200 g/mol. The lowest BCUT2D eigenvalue weighted by atomic mass is 9.93. The number of hydrogen-bond donors (Lipinski definition) is 1. The van der Waals surface area contributed by atoms with Crippen LogP contribution in [0.4, 0.5) is 0 Å². The topological polar surface area (TPSA) is 29.5 Å². The maximum Gasteiger partial charge on any atom is 0.119 e. The van der Waals surface area contributed by atoms with E-state index in [0.29, 0.717) is 5.92 Å².